The molecule has 5 rings (SSSR count). The summed E-state index contributed by atoms with van der Waals surface area (Å²) in [6, 6.07) is 9.73. The Labute approximate surface area is 234 Å². The van der Waals surface area contributed by atoms with Crippen molar-refractivity contribution in [3.63, 3.8) is 0 Å². The molecule has 11 heteroatoms. The lowest BCUT2D eigenvalue weighted by atomic mass is 9.96. The van der Waals surface area contributed by atoms with Gasteiger partial charge in [-0.1, -0.05) is 36.5 Å². The molecule has 1 aliphatic heterocycles. The lowest BCUT2D eigenvalue weighted by Gasteiger charge is -2.23. The number of aryl methyl sites for hydroxylation is 3. The smallest absolute Gasteiger partial charge is 0.350 e. The normalized spacial score (nSPS) is 16.6. The number of benzene rings is 1. The Morgan fingerprint density at radius 2 is 1.90 bits per heavy atom. The van der Waals surface area contributed by atoms with Crippen molar-refractivity contribution in [1.82, 2.24) is 14.4 Å². The Hall–Kier alpha value is -4.51. The minimum atomic E-state index is -1.05. The van der Waals surface area contributed by atoms with Gasteiger partial charge >= 0.3 is 11.9 Å². The molecule has 1 aliphatic rings. The molecule has 1 N–H and O–H groups in total. The third-order valence-electron chi connectivity index (χ3n) is 6.76. The van der Waals surface area contributed by atoms with Gasteiger partial charge in [0.15, 0.2) is 10.9 Å². The first-order chi connectivity index (χ1) is 19.2. The number of fused-ring (bicyclic) bond motifs is 1. The fraction of sp³-hybridized carbons (Fsp3) is 0.276. The average molecular weight is 561 g/mol. The lowest BCUT2D eigenvalue weighted by Crippen LogP contribution is -2.29. The van der Waals surface area contributed by atoms with Crippen molar-refractivity contribution in [2.24, 2.45) is 0 Å². The SMILES string of the molecule is CCCOc1cccc(C2C(=C(O)c3nc4c(C)cccn4c3C)C(=O)C(=O)N2c2nc(C)c(C(=O)OC)s2)c1. The number of pyridine rings is 1. The molecular formula is C29H28N4O6S. The van der Waals surface area contributed by atoms with Crippen LogP contribution < -0.4 is 9.64 Å². The summed E-state index contributed by atoms with van der Waals surface area (Å²) in [5, 5.41) is 11.8. The number of amides is 1. The number of hydrogen-bond acceptors (Lipinski definition) is 9. The van der Waals surface area contributed by atoms with Crippen LogP contribution in [0.3, 0.4) is 0 Å². The number of esters is 1. The van der Waals surface area contributed by atoms with Crippen LogP contribution in [0.15, 0.2) is 48.2 Å². The molecule has 1 fully saturated rings. The number of ketones is 1. The number of aromatic nitrogens is 3. The highest BCUT2D eigenvalue weighted by Crippen LogP contribution is 2.44. The summed E-state index contributed by atoms with van der Waals surface area (Å²) in [5.41, 5.74) is 3.07. The number of carbonyl (C=O) groups is 3. The van der Waals surface area contributed by atoms with E-state index in [4.69, 9.17) is 9.47 Å². The molecule has 1 aromatic carbocycles. The number of rotatable bonds is 7. The van der Waals surface area contributed by atoms with Gasteiger partial charge in [-0.3, -0.25) is 14.5 Å². The molecule has 0 bridgehead atoms. The number of Topliss-reactive ketones (excluding diaryl/α,β-unsaturated/α-hetero) is 1. The van der Waals surface area contributed by atoms with Crippen LogP contribution in [0.5, 0.6) is 5.75 Å². The van der Waals surface area contributed by atoms with Gasteiger partial charge in [0.2, 0.25) is 0 Å². The van der Waals surface area contributed by atoms with Gasteiger partial charge < -0.3 is 19.0 Å². The van der Waals surface area contributed by atoms with Crippen molar-refractivity contribution < 1.29 is 29.0 Å². The van der Waals surface area contributed by atoms with Gasteiger partial charge in [0.25, 0.3) is 5.78 Å². The van der Waals surface area contributed by atoms with Crippen molar-refractivity contribution in [3.05, 3.63) is 81.3 Å². The van der Waals surface area contributed by atoms with Gasteiger partial charge in [-0.05, 0) is 56.5 Å². The molecule has 0 spiro atoms. The number of aliphatic hydroxyl groups excluding tert-OH is 1. The zero-order valence-corrected chi connectivity index (χ0v) is 23.5. The molecule has 1 amide bonds. The maximum absolute atomic E-state index is 13.6. The van der Waals surface area contributed by atoms with E-state index in [-0.39, 0.29) is 21.3 Å². The van der Waals surface area contributed by atoms with Gasteiger partial charge in [0.1, 0.15) is 22.0 Å². The van der Waals surface area contributed by atoms with E-state index >= 15 is 0 Å². The summed E-state index contributed by atoms with van der Waals surface area (Å²) >= 11 is 0.942. The number of thiazole rings is 1. The number of carbonyl (C=O) groups excluding carboxylic acids is 3. The molecule has 10 nitrogen and oxygen atoms in total. The highest BCUT2D eigenvalue weighted by molar-refractivity contribution is 7.17. The van der Waals surface area contributed by atoms with Gasteiger partial charge in [-0.15, -0.1) is 0 Å². The lowest BCUT2D eigenvalue weighted by molar-refractivity contribution is -0.132. The van der Waals surface area contributed by atoms with Crippen LogP contribution in [0.4, 0.5) is 5.13 Å². The Bertz CT molecular complexity index is 1700. The predicted octanol–water partition coefficient (Wildman–Crippen LogP) is 4.92. The fourth-order valence-electron chi connectivity index (χ4n) is 4.78. The maximum Gasteiger partial charge on any atom is 0.350 e. The second-order valence-electron chi connectivity index (χ2n) is 9.42. The summed E-state index contributed by atoms with van der Waals surface area (Å²) in [6.45, 7) is 7.78. The van der Waals surface area contributed by atoms with Gasteiger partial charge in [0.05, 0.1) is 36.7 Å². The van der Waals surface area contributed by atoms with Crippen molar-refractivity contribution in [3.8, 4) is 5.75 Å². The number of anilines is 1. The van der Waals surface area contributed by atoms with Crippen LogP contribution in [0.2, 0.25) is 0 Å². The molecule has 3 aromatic heterocycles. The molecule has 1 atom stereocenters. The van der Waals surface area contributed by atoms with E-state index in [1.54, 1.807) is 38.1 Å². The van der Waals surface area contributed by atoms with E-state index in [9.17, 15) is 19.5 Å². The average Bonchev–Trinajstić information content (AvgIpc) is 3.58. The van der Waals surface area contributed by atoms with Gasteiger partial charge in [0, 0.05) is 6.20 Å². The van der Waals surface area contributed by atoms with Crippen molar-refractivity contribution in [2.75, 3.05) is 18.6 Å². The van der Waals surface area contributed by atoms with E-state index in [1.165, 1.54) is 12.0 Å². The second-order valence-corrected chi connectivity index (χ2v) is 10.4. The zero-order chi connectivity index (χ0) is 28.7. The van der Waals surface area contributed by atoms with Crippen LogP contribution in [0, 0.1) is 20.8 Å². The minimum absolute atomic E-state index is 0.130. The molecule has 0 saturated carbocycles. The van der Waals surface area contributed by atoms with Crippen LogP contribution in [-0.2, 0) is 14.3 Å². The molecule has 0 aliphatic carbocycles. The molecular weight excluding hydrogens is 532 g/mol. The highest BCUT2D eigenvalue weighted by Gasteiger charge is 2.49. The molecule has 0 radical (unpaired) electrons. The topological polar surface area (TPSA) is 123 Å². The Balaban J connectivity index is 1.74. The van der Waals surface area contributed by atoms with E-state index in [1.807, 2.05) is 36.6 Å². The summed E-state index contributed by atoms with van der Waals surface area (Å²) < 4.78 is 12.5. The van der Waals surface area contributed by atoms with Crippen LogP contribution in [0.25, 0.3) is 11.4 Å². The van der Waals surface area contributed by atoms with E-state index in [2.05, 4.69) is 9.97 Å². The van der Waals surface area contributed by atoms with Crippen molar-refractivity contribution >= 4 is 45.5 Å². The van der Waals surface area contributed by atoms with Crippen molar-refractivity contribution in [1.29, 1.82) is 0 Å². The Morgan fingerprint density at radius 1 is 1.12 bits per heavy atom. The molecule has 4 heterocycles. The van der Waals surface area contributed by atoms with Crippen LogP contribution in [0.1, 0.15) is 57.3 Å². The Kier molecular flexibility index (Phi) is 7.16. The fourth-order valence-corrected chi connectivity index (χ4v) is 5.79. The maximum atomic E-state index is 13.6. The predicted molar refractivity (Wildman–Crippen MR) is 150 cm³/mol. The number of nitrogens with zero attached hydrogens (tertiary/aromatic N) is 4. The summed E-state index contributed by atoms with van der Waals surface area (Å²) in [6.07, 6.45) is 2.61. The molecule has 1 unspecified atom stereocenters. The third kappa shape index (κ3) is 4.41. The van der Waals surface area contributed by atoms with E-state index in [0.717, 1.165) is 23.3 Å². The number of hydrogen-bond donors (Lipinski definition) is 1. The van der Waals surface area contributed by atoms with Gasteiger partial charge in [-0.25, -0.2) is 14.8 Å². The summed E-state index contributed by atoms with van der Waals surface area (Å²) in [4.78, 5) is 50.0. The number of imidazole rings is 1. The molecule has 206 valence electrons. The van der Waals surface area contributed by atoms with Gasteiger partial charge in [-0.2, -0.15) is 0 Å². The number of ether oxygens (including phenoxy) is 2. The van der Waals surface area contributed by atoms with Crippen molar-refractivity contribution in [2.45, 2.75) is 40.2 Å². The quantitative estimate of drug-likeness (QED) is 0.146. The molecule has 4 aromatic rings. The summed E-state index contributed by atoms with van der Waals surface area (Å²) in [7, 11) is 1.26. The first kappa shape index (κ1) is 27.1. The first-order valence-electron chi connectivity index (χ1n) is 12.7. The standard InChI is InChI=1S/C29H28N4O6S/c1-6-13-39-19-11-7-10-18(14-19)22-20(23(34)21-17(4)32-12-8-9-15(2)26(32)31-21)24(35)27(36)33(22)29-30-16(3)25(40-29)28(37)38-5/h7-12,14,22,34H,6,13H2,1-5H3. The zero-order valence-electron chi connectivity index (χ0n) is 22.7. The summed E-state index contributed by atoms with van der Waals surface area (Å²) in [5.74, 6) is -2.21. The monoisotopic (exact) mass is 560 g/mol. The number of aliphatic hydroxyl groups is 1. The second kappa shape index (κ2) is 10.6. The Morgan fingerprint density at radius 3 is 2.60 bits per heavy atom. The van der Waals surface area contributed by atoms with E-state index in [0.29, 0.717) is 35.0 Å². The van der Waals surface area contributed by atoms with E-state index < -0.39 is 29.5 Å². The first-order valence-corrected chi connectivity index (χ1v) is 13.5. The number of methoxy groups -OCH3 is 1. The third-order valence-corrected chi connectivity index (χ3v) is 7.90. The molecule has 1 saturated heterocycles. The van der Waals surface area contributed by atoms with Crippen LogP contribution in [-0.4, -0.2) is 50.9 Å². The minimum Gasteiger partial charge on any atom is -0.505 e. The molecule has 40 heavy (non-hydrogen) atoms. The highest BCUT2D eigenvalue weighted by atomic mass is 32.1. The largest absolute Gasteiger partial charge is 0.505 e. The van der Waals surface area contributed by atoms with Crippen LogP contribution >= 0.6 is 11.3 Å².